The van der Waals surface area contributed by atoms with Crippen LogP contribution in [0.25, 0.3) is 0 Å². The van der Waals surface area contributed by atoms with Crippen LogP contribution in [-0.2, 0) is 13.9 Å². The Hall–Kier alpha value is -0.460. The number of phosphoric ester groups is 1. The predicted molar refractivity (Wildman–Crippen MR) is 140 cm³/mol. The van der Waals surface area contributed by atoms with E-state index < -0.39 is 13.8 Å². The van der Waals surface area contributed by atoms with Crippen LogP contribution in [0.2, 0.25) is 0 Å². The van der Waals surface area contributed by atoms with E-state index in [1.165, 1.54) is 51.4 Å². The maximum Gasteiger partial charge on any atom is 0.469 e. The zero-order valence-electron chi connectivity index (χ0n) is 22.3. The van der Waals surface area contributed by atoms with Crippen LogP contribution in [0.15, 0.2) is 0 Å². The van der Waals surface area contributed by atoms with Gasteiger partial charge in [-0.3, -0.25) is 9.32 Å². The molecule has 0 fully saturated rings. The van der Waals surface area contributed by atoms with Crippen molar-refractivity contribution in [3.63, 3.8) is 0 Å². The molecule has 0 aliphatic rings. The number of aliphatic hydroxyl groups excluding tert-OH is 1. The molecule has 0 heterocycles. The van der Waals surface area contributed by atoms with E-state index in [2.05, 4.69) is 18.4 Å². The maximum atomic E-state index is 10.5. The van der Waals surface area contributed by atoms with Crippen LogP contribution in [0.3, 0.4) is 0 Å². The first kappa shape index (κ1) is 35.7. The van der Waals surface area contributed by atoms with Gasteiger partial charge in [0.2, 0.25) is 0 Å². The predicted octanol–water partition coefficient (Wildman–Crippen LogP) is 7.76. The summed E-state index contributed by atoms with van der Waals surface area (Å²) in [6.45, 7) is 6.17. The SMILES string of the molecule is CCCCCC(CC)OP(=O)(O)O.CCCCCCC(O)CCCCCCCCCCC(=O)O. The Balaban J connectivity index is 0. The number of hydrogen-bond acceptors (Lipinski definition) is 4. The van der Waals surface area contributed by atoms with Gasteiger partial charge in [-0.05, 0) is 32.1 Å². The third kappa shape index (κ3) is 31.5. The van der Waals surface area contributed by atoms with Crippen molar-refractivity contribution in [1.29, 1.82) is 0 Å². The van der Waals surface area contributed by atoms with Crippen molar-refractivity contribution in [3.05, 3.63) is 0 Å². The van der Waals surface area contributed by atoms with Crippen molar-refractivity contribution in [2.75, 3.05) is 0 Å². The molecule has 4 N–H and O–H groups in total. The van der Waals surface area contributed by atoms with Gasteiger partial charge in [0.1, 0.15) is 0 Å². The Morgan fingerprint density at radius 2 is 1.12 bits per heavy atom. The molecule has 8 heteroatoms. The van der Waals surface area contributed by atoms with Crippen LogP contribution in [0.4, 0.5) is 0 Å². The molecule has 2 atom stereocenters. The summed E-state index contributed by atoms with van der Waals surface area (Å²) in [6.07, 6.45) is 20.5. The van der Waals surface area contributed by atoms with Gasteiger partial charge in [0, 0.05) is 6.42 Å². The van der Waals surface area contributed by atoms with Crippen LogP contribution in [0.5, 0.6) is 0 Å². The minimum absolute atomic E-state index is 0.0853. The van der Waals surface area contributed by atoms with Crippen molar-refractivity contribution in [3.8, 4) is 0 Å². The van der Waals surface area contributed by atoms with Crippen molar-refractivity contribution in [2.24, 2.45) is 0 Å². The summed E-state index contributed by atoms with van der Waals surface area (Å²) < 4.78 is 15.1. The molecule has 0 radical (unpaired) electrons. The molecule has 0 saturated heterocycles. The van der Waals surface area contributed by atoms with Gasteiger partial charge >= 0.3 is 13.8 Å². The lowest BCUT2D eigenvalue weighted by Gasteiger charge is -2.15. The van der Waals surface area contributed by atoms with Gasteiger partial charge in [-0.1, -0.05) is 111 Å². The van der Waals surface area contributed by atoms with Crippen LogP contribution >= 0.6 is 7.82 Å². The van der Waals surface area contributed by atoms with E-state index in [0.717, 1.165) is 64.2 Å². The molecule has 0 aromatic rings. The normalized spacial score (nSPS) is 13.2. The second-order valence-electron chi connectivity index (χ2n) is 9.39. The molecule has 0 aromatic carbocycles. The third-order valence-electron chi connectivity index (χ3n) is 5.94. The van der Waals surface area contributed by atoms with Gasteiger partial charge < -0.3 is 20.0 Å². The fourth-order valence-corrected chi connectivity index (χ4v) is 4.46. The number of rotatable bonds is 23. The Bertz CT molecular complexity index is 482. The van der Waals surface area contributed by atoms with E-state index in [-0.39, 0.29) is 12.2 Å². The van der Waals surface area contributed by atoms with Crippen molar-refractivity contribution in [2.45, 2.75) is 161 Å². The van der Waals surface area contributed by atoms with E-state index in [1.807, 2.05) is 6.92 Å². The molecule has 0 aromatic heterocycles. The Labute approximate surface area is 209 Å². The highest BCUT2D eigenvalue weighted by atomic mass is 31.2. The molecular formula is C26H55O7P. The average Bonchev–Trinajstić information content (AvgIpc) is 2.77. The minimum Gasteiger partial charge on any atom is -0.481 e. The van der Waals surface area contributed by atoms with E-state index in [4.69, 9.17) is 14.9 Å². The van der Waals surface area contributed by atoms with Crippen molar-refractivity contribution < 1.29 is 33.9 Å². The molecule has 2 unspecified atom stereocenters. The lowest BCUT2D eigenvalue weighted by molar-refractivity contribution is -0.137. The van der Waals surface area contributed by atoms with E-state index in [0.29, 0.717) is 12.8 Å². The highest BCUT2D eigenvalue weighted by molar-refractivity contribution is 7.46. The maximum absolute atomic E-state index is 10.5. The number of aliphatic hydroxyl groups is 1. The Morgan fingerprint density at radius 1 is 0.706 bits per heavy atom. The largest absolute Gasteiger partial charge is 0.481 e. The summed E-state index contributed by atoms with van der Waals surface area (Å²) in [5.74, 6) is -0.678. The first-order valence-corrected chi connectivity index (χ1v) is 15.3. The van der Waals surface area contributed by atoms with E-state index in [1.54, 1.807) is 0 Å². The third-order valence-corrected chi connectivity index (χ3v) is 6.51. The number of carboxylic acids is 1. The zero-order chi connectivity index (χ0) is 26.1. The van der Waals surface area contributed by atoms with Crippen molar-refractivity contribution in [1.82, 2.24) is 0 Å². The van der Waals surface area contributed by atoms with Gasteiger partial charge in [0.05, 0.1) is 12.2 Å². The summed E-state index contributed by atoms with van der Waals surface area (Å²) in [6, 6.07) is 0. The summed E-state index contributed by atoms with van der Waals surface area (Å²) in [4.78, 5) is 27.5. The summed E-state index contributed by atoms with van der Waals surface area (Å²) in [5.41, 5.74) is 0. The quantitative estimate of drug-likeness (QED) is 0.0817. The number of aliphatic carboxylic acids is 1. The number of phosphoric acid groups is 1. The van der Waals surface area contributed by atoms with Crippen LogP contribution in [-0.4, -0.2) is 38.2 Å². The second-order valence-corrected chi connectivity index (χ2v) is 10.6. The first-order chi connectivity index (χ1) is 16.2. The smallest absolute Gasteiger partial charge is 0.469 e. The first-order valence-electron chi connectivity index (χ1n) is 13.8. The molecule has 0 rings (SSSR count). The molecule has 0 spiro atoms. The number of carbonyl (C=O) groups is 1. The summed E-state index contributed by atoms with van der Waals surface area (Å²) in [7, 11) is -4.29. The molecule has 0 saturated carbocycles. The number of carboxylic acid groups (broad SMARTS) is 1. The lowest BCUT2D eigenvalue weighted by Crippen LogP contribution is -2.09. The van der Waals surface area contributed by atoms with Gasteiger partial charge in [0.15, 0.2) is 0 Å². The number of hydrogen-bond donors (Lipinski definition) is 4. The molecule has 0 aliphatic carbocycles. The van der Waals surface area contributed by atoms with Gasteiger partial charge in [-0.2, -0.15) is 0 Å². The second kappa shape index (κ2) is 25.6. The van der Waals surface area contributed by atoms with E-state index in [9.17, 15) is 14.5 Å². The average molecular weight is 511 g/mol. The van der Waals surface area contributed by atoms with Gasteiger partial charge in [0.25, 0.3) is 0 Å². The molecule has 34 heavy (non-hydrogen) atoms. The molecule has 7 nitrogen and oxygen atoms in total. The topological polar surface area (TPSA) is 124 Å². The molecular weight excluding hydrogens is 455 g/mol. The monoisotopic (exact) mass is 510 g/mol. The van der Waals surface area contributed by atoms with Crippen LogP contribution in [0, 0.1) is 0 Å². The zero-order valence-corrected chi connectivity index (χ0v) is 23.2. The molecule has 206 valence electrons. The summed E-state index contributed by atoms with van der Waals surface area (Å²) in [5, 5.41) is 18.4. The molecule has 0 bridgehead atoms. The standard InChI is InChI=1S/C18H36O3.C8H19O4P/c1-2-3-4-11-14-17(19)15-12-9-7-5-6-8-10-13-16-18(20)21;1-3-5-6-7-8(4-2)12-13(9,10)11/h17,19H,2-16H2,1H3,(H,20,21);8H,3-7H2,1-2H3,(H2,9,10,11). The lowest BCUT2D eigenvalue weighted by atomic mass is 10.0. The van der Waals surface area contributed by atoms with Crippen LogP contribution in [0.1, 0.15) is 149 Å². The highest BCUT2D eigenvalue weighted by Crippen LogP contribution is 2.39. The highest BCUT2D eigenvalue weighted by Gasteiger charge is 2.20. The fourth-order valence-electron chi connectivity index (χ4n) is 3.82. The van der Waals surface area contributed by atoms with Gasteiger partial charge in [-0.15, -0.1) is 0 Å². The fraction of sp³-hybridized carbons (Fsp3) is 0.962. The Kier molecular flexibility index (Phi) is 26.9. The molecule has 0 aliphatic heterocycles. The van der Waals surface area contributed by atoms with E-state index >= 15 is 0 Å². The summed E-state index contributed by atoms with van der Waals surface area (Å²) >= 11 is 0. The van der Waals surface area contributed by atoms with Gasteiger partial charge in [-0.25, -0.2) is 4.57 Å². The number of unbranched alkanes of at least 4 members (excludes halogenated alkanes) is 12. The minimum atomic E-state index is -4.29. The van der Waals surface area contributed by atoms with Crippen molar-refractivity contribution >= 4 is 13.8 Å². The molecule has 0 amide bonds. The van der Waals surface area contributed by atoms with Crippen LogP contribution < -0.4 is 0 Å². The Morgan fingerprint density at radius 3 is 1.56 bits per heavy atom.